The second-order valence-electron chi connectivity index (χ2n) is 4.06. The minimum Gasteiger partial charge on any atom is -0.326 e. The largest absolute Gasteiger partial charge is 0.326 e. The summed E-state index contributed by atoms with van der Waals surface area (Å²) in [7, 11) is 0. The Labute approximate surface area is 101 Å². The van der Waals surface area contributed by atoms with Crippen LogP contribution in [0.25, 0.3) is 0 Å². The van der Waals surface area contributed by atoms with Crippen molar-refractivity contribution in [3.63, 3.8) is 0 Å². The lowest BCUT2D eigenvalue weighted by atomic mass is 10.1. The van der Waals surface area contributed by atoms with Gasteiger partial charge in [-0.15, -0.1) is 0 Å². The molecule has 1 atom stereocenters. The van der Waals surface area contributed by atoms with Gasteiger partial charge >= 0.3 is 0 Å². The predicted octanol–water partition coefficient (Wildman–Crippen LogP) is 2.63. The van der Waals surface area contributed by atoms with E-state index in [4.69, 9.17) is 0 Å². The van der Waals surface area contributed by atoms with Crippen molar-refractivity contribution >= 4 is 23.2 Å². The molecule has 0 spiro atoms. The van der Waals surface area contributed by atoms with E-state index in [2.05, 4.69) is 10.6 Å². The van der Waals surface area contributed by atoms with Gasteiger partial charge in [-0.25, -0.2) is 0 Å². The van der Waals surface area contributed by atoms with Gasteiger partial charge in [0.1, 0.15) is 0 Å². The van der Waals surface area contributed by atoms with Gasteiger partial charge in [0, 0.05) is 24.2 Å². The van der Waals surface area contributed by atoms with Gasteiger partial charge < -0.3 is 10.6 Å². The first-order valence-electron chi connectivity index (χ1n) is 5.71. The van der Waals surface area contributed by atoms with Gasteiger partial charge in [0.2, 0.25) is 11.8 Å². The van der Waals surface area contributed by atoms with Gasteiger partial charge in [0.25, 0.3) is 0 Å². The Morgan fingerprint density at radius 1 is 1.12 bits per heavy atom. The maximum absolute atomic E-state index is 11.6. The molecular formula is C13H18N2O2. The third-order valence-corrected chi connectivity index (χ3v) is 2.53. The highest BCUT2D eigenvalue weighted by atomic mass is 16.2. The van der Waals surface area contributed by atoms with Crippen molar-refractivity contribution in [2.24, 2.45) is 5.92 Å². The molecule has 92 valence electrons. The molecule has 0 fully saturated rings. The molecule has 0 heterocycles. The van der Waals surface area contributed by atoms with Crippen LogP contribution in [0.2, 0.25) is 0 Å². The fraction of sp³-hybridized carbons (Fsp3) is 0.385. The quantitative estimate of drug-likeness (QED) is 0.841. The Morgan fingerprint density at radius 2 is 1.59 bits per heavy atom. The highest BCUT2D eigenvalue weighted by Crippen LogP contribution is 2.14. The Kier molecular flexibility index (Phi) is 4.69. The number of amides is 2. The highest BCUT2D eigenvalue weighted by molar-refractivity contribution is 5.93. The van der Waals surface area contributed by atoms with Gasteiger partial charge in [-0.3, -0.25) is 9.59 Å². The van der Waals surface area contributed by atoms with Crippen molar-refractivity contribution in [3.8, 4) is 0 Å². The summed E-state index contributed by atoms with van der Waals surface area (Å²) in [5, 5.41) is 5.49. The smallest absolute Gasteiger partial charge is 0.227 e. The monoisotopic (exact) mass is 234 g/mol. The van der Waals surface area contributed by atoms with E-state index < -0.39 is 0 Å². The summed E-state index contributed by atoms with van der Waals surface area (Å²) in [6.07, 6.45) is 0.815. The van der Waals surface area contributed by atoms with Crippen LogP contribution in [0.4, 0.5) is 11.4 Å². The van der Waals surface area contributed by atoms with E-state index in [9.17, 15) is 9.59 Å². The first kappa shape index (κ1) is 13.2. The zero-order chi connectivity index (χ0) is 12.8. The second kappa shape index (κ2) is 6.03. The Hall–Kier alpha value is -1.84. The summed E-state index contributed by atoms with van der Waals surface area (Å²) < 4.78 is 0. The van der Waals surface area contributed by atoms with Crippen molar-refractivity contribution in [2.45, 2.75) is 27.2 Å². The van der Waals surface area contributed by atoms with E-state index >= 15 is 0 Å². The molecule has 0 unspecified atom stereocenters. The molecule has 4 nitrogen and oxygen atoms in total. The maximum Gasteiger partial charge on any atom is 0.227 e. The molecule has 0 aliphatic carbocycles. The molecular weight excluding hydrogens is 216 g/mol. The van der Waals surface area contributed by atoms with E-state index in [1.54, 1.807) is 24.3 Å². The van der Waals surface area contributed by atoms with Gasteiger partial charge in [-0.1, -0.05) is 13.8 Å². The molecule has 0 aliphatic rings. The summed E-state index contributed by atoms with van der Waals surface area (Å²) in [4.78, 5) is 22.4. The fourth-order valence-electron chi connectivity index (χ4n) is 1.29. The summed E-state index contributed by atoms with van der Waals surface area (Å²) in [5.41, 5.74) is 1.46. The number of hydrogen-bond donors (Lipinski definition) is 2. The normalized spacial score (nSPS) is 11.7. The van der Waals surface area contributed by atoms with Crippen LogP contribution in [0.3, 0.4) is 0 Å². The zero-order valence-corrected chi connectivity index (χ0v) is 10.4. The number of nitrogens with one attached hydrogen (secondary N) is 2. The lowest BCUT2D eigenvalue weighted by Gasteiger charge is -2.10. The van der Waals surface area contributed by atoms with Crippen molar-refractivity contribution < 1.29 is 9.59 Å². The summed E-state index contributed by atoms with van der Waals surface area (Å²) in [5.74, 6) is -0.0915. The molecule has 0 aliphatic heterocycles. The van der Waals surface area contributed by atoms with Crippen LogP contribution >= 0.6 is 0 Å². The number of benzene rings is 1. The maximum atomic E-state index is 11.6. The SMILES string of the molecule is CC[C@@H](C)C(=O)Nc1ccc(NC(C)=O)cc1. The number of carbonyl (C=O) groups is 2. The number of hydrogen-bond acceptors (Lipinski definition) is 2. The lowest BCUT2D eigenvalue weighted by Crippen LogP contribution is -2.19. The Morgan fingerprint density at radius 3 is 2.00 bits per heavy atom. The molecule has 2 N–H and O–H groups in total. The molecule has 2 amide bonds. The Bertz CT molecular complexity index is 398. The van der Waals surface area contributed by atoms with E-state index in [0.717, 1.165) is 17.8 Å². The average Bonchev–Trinajstić information content (AvgIpc) is 2.30. The van der Waals surface area contributed by atoms with Crippen molar-refractivity contribution in [1.29, 1.82) is 0 Å². The molecule has 1 aromatic rings. The average molecular weight is 234 g/mol. The predicted molar refractivity (Wildman–Crippen MR) is 68.8 cm³/mol. The molecule has 17 heavy (non-hydrogen) atoms. The highest BCUT2D eigenvalue weighted by Gasteiger charge is 2.10. The van der Waals surface area contributed by atoms with E-state index in [1.807, 2.05) is 13.8 Å². The van der Waals surface area contributed by atoms with E-state index in [-0.39, 0.29) is 17.7 Å². The van der Waals surface area contributed by atoms with Gasteiger partial charge in [0.15, 0.2) is 0 Å². The molecule has 1 aromatic carbocycles. The van der Waals surface area contributed by atoms with Crippen LogP contribution < -0.4 is 10.6 Å². The third-order valence-electron chi connectivity index (χ3n) is 2.53. The van der Waals surface area contributed by atoms with E-state index in [0.29, 0.717) is 0 Å². The molecule has 0 radical (unpaired) electrons. The number of anilines is 2. The van der Waals surface area contributed by atoms with Crippen molar-refractivity contribution in [2.75, 3.05) is 10.6 Å². The minimum atomic E-state index is -0.110. The summed E-state index contributed by atoms with van der Waals surface area (Å²) in [6, 6.07) is 7.05. The first-order chi connectivity index (χ1) is 8.02. The van der Waals surface area contributed by atoms with Gasteiger partial charge in [-0.05, 0) is 30.7 Å². The van der Waals surface area contributed by atoms with Crippen molar-refractivity contribution in [1.82, 2.24) is 0 Å². The van der Waals surface area contributed by atoms with Crippen LogP contribution in [0.15, 0.2) is 24.3 Å². The molecule has 4 heteroatoms. The lowest BCUT2D eigenvalue weighted by molar-refractivity contribution is -0.119. The van der Waals surface area contributed by atoms with Crippen LogP contribution in [-0.4, -0.2) is 11.8 Å². The van der Waals surface area contributed by atoms with E-state index in [1.165, 1.54) is 6.92 Å². The minimum absolute atomic E-state index is 0.00465. The second-order valence-corrected chi connectivity index (χ2v) is 4.06. The summed E-state index contributed by atoms with van der Waals surface area (Å²) >= 11 is 0. The number of rotatable bonds is 4. The third kappa shape index (κ3) is 4.26. The zero-order valence-electron chi connectivity index (χ0n) is 10.4. The van der Waals surface area contributed by atoms with Crippen LogP contribution in [0.1, 0.15) is 27.2 Å². The van der Waals surface area contributed by atoms with Crippen molar-refractivity contribution in [3.05, 3.63) is 24.3 Å². The molecule has 0 saturated heterocycles. The fourth-order valence-corrected chi connectivity index (χ4v) is 1.29. The molecule has 0 bridgehead atoms. The van der Waals surface area contributed by atoms with Crippen LogP contribution in [-0.2, 0) is 9.59 Å². The van der Waals surface area contributed by atoms with Crippen LogP contribution in [0, 0.1) is 5.92 Å². The topological polar surface area (TPSA) is 58.2 Å². The molecule has 1 rings (SSSR count). The number of carbonyl (C=O) groups excluding carboxylic acids is 2. The standard InChI is InChI=1S/C13H18N2O2/c1-4-9(2)13(17)15-12-7-5-11(6-8-12)14-10(3)16/h5-9H,4H2,1-3H3,(H,14,16)(H,15,17)/t9-/m1/s1. The molecule has 0 aromatic heterocycles. The first-order valence-corrected chi connectivity index (χ1v) is 5.71. The molecule has 0 saturated carbocycles. The summed E-state index contributed by atoms with van der Waals surface area (Å²) in [6.45, 7) is 5.32. The van der Waals surface area contributed by atoms with Gasteiger partial charge in [-0.2, -0.15) is 0 Å². The Balaban J connectivity index is 2.62. The van der Waals surface area contributed by atoms with Gasteiger partial charge in [0.05, 0.1) is 0 Å². The van der Waals surface area contributed by atoms with Crippen LogP contribution in [0.5, 0.6) is 0 Å².